The number of carbonyl (C=O) groups excluding carboxylic acids is 2. The molecule has 1 saturated heterocycles. The van der Waals surface area contributed by atoms with E-state index in [-0.39, 0.29) is 18.4 Å². The molecule has 0 bridgehead atoms. The van der Waals surface area contributed by atoms with Gasteiger partial charge in [0.05, 0.1) is 5.69 Å². The number of rotatable bonds is 1. The minimum absolute atomic E-state index is 0.0115. The number of anilines is 1. The normalized spacial score (nSPS) is 18.6. The molecule has 0 saturated carbocycles. The smallest absolute Gasteiger partial charge is 0.264 e. The Morgan fingerprint density at radius 3 is 2.80 bits per heavy atom. The van der Waals surface area contributed by atoms with Gasteiger partial charge in [0.15, 0.2) is 6.61 Å². The van der Waals surface area contributed by atoms with Crippen molar-refractivity contribution in [3.05, 3.63) is 23.8 Å². The van der Waals surface area contributed by atoms with Gasteiger partial charge >= 0.3 is 0 Å². The van der Waals surface area contributed by atoms with Crippen LogP contribution in [0.2, 0.25) is 0 Å². The molecular weight excluding hydrogens is 258 g/mol. The van der Waals surface area contributed by atoms with E-state index in [0.717, 1.165) is 26.2 Å². The second-order valence-corrected chi connectivity index (χ2v) is 4.97. The third kappa shape index (κ3) is 2.22. The Bertz CT molecular complexity index is 553. The summed E-state index contributed by atoms with van der Waals surface area (Å²) in [4.78, 5) is 27.3. The van der Waals surface area contributed by atoms with Crippen LogP contribution in [0.4, 0.5) is 5.69 Å². The van der Waals surface area contributed by atoms with Crippen LogP contribution in [0.15, 0.2) is 18.2 Å². The fourth-order valence-electron chi connectivity index (χ4n) is 2.46. The van der Waals surface area contributed by atoms with Crippen LogP contribution >= 0.6 is 0 Å². The third-order valence-corrected chi connectivity index (χ3v) is 3.70. The molecule has 0 atom stereocenters. The van der Waals surface area contributed by atoms with Crippen molar-refractivity contribution >= 4 is 17.5 Å². The first kappa shape index (κ1) is 12.9. The summed E-state index contributed by atoms with van der Waals surface area (Å²) in [7, 11) is 1.71. The van der Waals surface area contributed by atoms with Crippen molar-refractivity contribution in [1.82, 2.24) is 10.2 Å². The molecular formula is C14H17N3O3. The molecule has 0 unspecified atom stereocenters. The minimum Gasteiger partial charge on any atom is -0.482 e. The summed E-state index contributed by atoms with van der Waals surface area (Å²) in [6.45, 7) is 3.11. The van der Waals surface area contributed by atoms with Gasteiger partial charge in [-0.2, -0.15) is 0 Å². The number of hydrogen-bond donors (Lipinski definition) is 1. The number of ether oxygens (including phenoxy) is 1. The van der Waals surface area contributed by atoms with Crippen molar-refractivity contribution in [2.24, 2.45) is 0 Å². The monoisotopic (exact) mass is 275 g/mol. The summed E-state index contributed by atoms with van der Waals surface area (Å²) < 4.78 is 5.41. The Morgan fingerprint density at radius 1 is 1.30 bits per heavy atom. The van der Waals surface area contributed by atoms with Crippen molar-refractivity contribution in [1.29, 1.82) is 0 Å². The first-order valence-corrected chi connectivity index (χ1v) is 6.70. The standard InChI is InChI=1S/C14H17N3O3/c1-16-11-3-2-10(8-12(11)20-9-13(16)18)14(19)17-6-4-15-5-7-17/h2-3,8,15H,4-7,9H2,1H3. The first-order chi connectivity index (χ1) is 9.66. The third-order valence-electron chi connectivity index (χ3n) is 3.70. The van der Waals surface area contributed by atoms with Gasteiger partial charge in [-0.15, -0.1) is 0 Å². The van der Waals surface area contributed by atoms with Crippen molar-refractivity contribution in [2.75, 3.05) is 44.7 Å². The molecule has 106 valence electrons. The average molecular weight is 275 g/mol. The van der Waals surface area contributed by atoms with Crippen LogP contribution in [0.25, 0.3) is 0 Å². The van der Waals surface area contributed by atoms with Crippen LogP contribution in [0.5, 0.6) is 5.75 Å². The van der Waals surface area contributed by atoms with Gasteiger partial charge in [0.2, 0.25) is 0 Å². The second-order valence-electron chi connectivity index (χ2n) is 4.97. The SMILES string of the molecule is CN1C(=O)COc2cc(C(=O)N3CCNCC3)ccc21. The molecule has 1 fully saturated rings. The lowest BCUT2D eigenvalue weighted by molar-refractivity contribution is -0.120. The number of nitrogens with one attached hydrogen (secondary N) is 1. The number of likely N-dealkylation sites (N-methyl/N-ethyl adjacent to an activating group) is 1. The molecule has 1 aromatic rings. The lowest BCUT2D eigenvalue weighted by atomic mass is 10.1. The molecule has 1 aromatic carbocycles. The van der Waals surface area contributed by atoms with Gasteiger partial charge in [-0.05, 0) is 18.2 Å². The Kier molecular flexibility index (Phi) is 3.31. The molecule has 2 aliphatic rings. The van der Waals surface area contributed by atoms with Gasteiger partial charge in [-0.3, -0.25) is 9.59 Å². The van der Waals surface area contributed by atoms with E-state index in [4.69, 9.17) is 4.74 Å². The number of hydrogen-bond acceptors (Lipinski definition) is 4. The van der Waals surface area contributed by atoms with E-state index in [9.17, 15) is 9.59 Å². The highest BCUT2D eigenvalue weighted by atomic mass is 16.5. The maximum atomic E-state index is 12.4. The molecule has 6 heteroatoms. The van der Waals surface area contributed by atoms with Gasteiger partial charge in [0, 0.05) is 38.8 Å². The minimum atomic E-state index is -0.0846. The number of nitrogens with zero attached hydrogens (tertiary/aromatic N) is 2. The Morgan fingerprint density at radius 2 is 2.05 bits per heavy atom. The maximum Gasteiger partial charge on any atom is 0.264 e. The van der Waals surface area contributed by atoms with E-state index >= 15 is 0 Å². The summed E-state index contributed by atoms with van der Waals surface area (Å²) in [5, 5.41) is 3.22. The zero-order chi connectivity index (χ0) is 14.1. The van der Waals surface area contributed by atoms with Gasteiger partial charge in [0.25, 0.3) is 11.8 Å². The molecule has 6 nitrogen and oxygen atoms in total. The molecule has 0 aromatic heterocycles. The van der Waals surface area contributed by atoms with Crippen LogP contribution in [-0.4, -0.2) is 56.5 Å². The highest BCUT2D eigenvalue weighted by Crippen LogP contribution is 2.32. The summed E-state index contributed by atoms with van der Waals surface area (Å²) in [6.07, 6.45) is 0. The van der Waals surface area contributed by atoms with Crippen molar-refractivity contribution in [3.8, 4) is 5.75 Å². The number of fused-ring (bicyclic) bond motifs is 1. The molecule has 2 aliphatic heterocycles. The Labute approximate surface area is 117 Å². The molecule has 0 aliphatic carbocycles. The van der Waals surface area contributed by atoms with Gasteiger partial charge in [-0.1, -0.05) is 0 Å². The number of carbonyl (C=O) groups is 2. The van der Waals surface area contributed by atoms with E-state index in [1.54, 1.807) is 30.1 Å². The van der Waals surface area contributed by atoms with Gasteiger partial charge < -0.3 is 19.9 Å². The zero-order valence-electron chi connectivity index (χ0n) is 11.4. The van der Waals surface area contributed by atoms with E-state index < -0.39 is 0 Å². The highest BCUT2D eigenvalue weighted by Gasteiger charge is 2.24. The van der Waals surface area contributed by atoms with Crippen LogP contribution in [0.1, 0.15) is 10.4 Å². The van der Waals surface area contributed by atoms with Crippen molar-refractivity contribution in [2.45, 2.75) is 0 Å². The fourth-order valence-corrected chi connectivity index (χ4v) is 2.46. The average Bonchev–Trinajstić information content (AvgIpc) is 2.51. The van der Waals surface area contributed by atoms with E-state index in [1.807, 2.05) is 4.90 Å². The van der Waals surface area contributed by atoms with E-state index in [1.165, 1.54) is 0 Å². The lowest BCUT2D eigenvalue weighted by Gasteiger charge is -2.29. The summed E-state index contributed by atoms with van der Waals surface area (Å²) >= 11 is 0. The number of amides is 2. The molecule has 1 N–H and O–H groups in total. The molecule has 0 spiro atoms. The summed E-state index contributed by atoms with van der Waals surface area (Å²) in [5.41, 5.74) is 1.31. The molecule has 2 heterocycles. The fraction of sp³-hybridized carbons (Fsp3) is 0.429. The molecule has 3 rings (SSSR count). The molecule has 20 heavy (non-hydrogen) atoms. The van der Waals surface area contributed by atoms with E-state index in [2.05, 4.69) is 5.32 Å². The highest BCUT2D eigenvalue weighted by molar-refractivity contribution is 6.00. The predicted molar refractivity (Wildman–Crippen MR) is 74.1 cm³/mol. The van der Waals surface area contributed by atoms with Crippen LogP contribution in [-0.2, 0) is 4.79 Å². The number of benzene rings is 1. The molecule has 2 amide bonds. The Hall–Kier alpha value is -2.08. The van der Waals surface area contributed by atoms with Crippen molar-refractivity contribution in [3.63, 3.8) is 0 Å². The van der Waals surface area contributed by atoms with Gasteiger partial charge in [-0.25, -0.2) is 0 Å². The summed E-state index contributed by atoms with van der Waals surface area (Å²) in [6, 6.07) is 5.24. The van der Waals surface area contributed by atoms with Crippen LogP contribution < -0.4 is 15.0 Å². The lowest BCUT2D eigenvalue weighted by Crippen LogP contribution is -2.46. The largest absolute Gasteiger partial charge is 0.482 e. The first-order valence-electron chi connectivity index (χ1n) is 6.70. The quantitative estimate of drug-likeness (QED) is 0.789. The van der Waals surface area contributed by atoms with Crippen molar-refractivity contribution < 1.29 is 14.3 Å². The Balaban J connectivity index is 1.85. The second kappa shape index (κ2) is 5.13. The topological polar surface area (TPSA) is 61.9 Å². The number of piperazine rings is 1. The molecule has 0 radical (unpaired) electrons. The maximum absolute atomic E-state index is 12.4. The zero-order valence-corrected chi connectivity index (χ0v) is 11.4. The summed E-state index contributed by atoms with van der Waals surface area (Å²) in [5.74, 6) is 0.518. The van der Waals surface area contributed by atoms with E-state index in [0.29, 0.717) is 17.0 Å². The van der Waals surface area contributed by atoms with Gasteiger partial charge in [0.1, 0.15) is 5.75 Å². The predicted octanol–water partition coefficient (Wildman–Crippen LogP) is 0.0872. The van der Waals surface area contributed by atoms with Crippen LogP contribution in [0, 0.1) is 0 Å². The van der Waals surface area contributed by atoms with Crippen LogP contribution in [0.3, 0.4) is 0 Å².